The van der Waals surface area contributed by atoms with Gasteiger partial charge in [-0.2, -0.15) is 0 Å². The molecule has 0 atom stereocenters. The van der Waals surface area contributed by atoms with Crippen molar-refractivity contribution in [1.82, 2.24) is 23.9 Å². The van der Waals surface area contributed by atoms with Crippen LogP contribution in [0.15, 0.2) is 74.2 Å². The number of carbonyl (C=O) groups excluding carboxylic acids is 1. The zero-order valence-electron chi connectivity index (χ0n) is 17.9. The maximum atomic E-state index is 13.1. The van der Waals surface area contributed by atoms with E-state index in [1.54, 1.807) is 23.8 Å². The Morgan fingerprint density at radius 1 is 1.09 bits per heavy atom. The predicted molar refractivity (Wildman–Crippen MR) is 123 cm³/mol. The normalized spacial score (nSPS) is 11.1. The fourth-order valence-electron chi connectivity index (χ4n) is 3.41. The first-order valence-corrected chi connectivity index (χ1v) is 11.2. The van der Waals surface area contributed by atoms with Crippen LogP contribution in [0.2, 0.25) is 0 Å². The molecular formula is C22H22N6O4S. The first-order valence-electron chi connectivity index (χ1n) is 10.2. The quantitative estimate of drug-likeness (QED) is 0.292. The van der Waals surface area contributed by atoms with E-state index in [0.717, 1.165) is 21.9 Å². The van der Waals surface area contributed by atoms with Crippen molar-refractivity contribution in [3.63, 3.8) is 0 Å². The number of thioether (sulfide) groups is 1. The highest BCUT2D eigenvalue weighted by Crippen LogP contribution is 2.19. The third-order valence-electron chi connectivity index (χ3n) is 5.06. The zero-order valence-corrected chi connectivity index (χ0v) is 18.7. The van der Waals surface area contributed by atoms with Crippen LogP contribution in [0.25, 0.3) is 0 Å². The second-order valence-corrected chi connectivity index (χ2v) is 8.14. The van der Waals surface area contributed by atoms with Crippen LogP contribution in [0.4, 0.5) is 5.82 Å². The molecular weight excluding hydrogens is 444 g/mol. The molecule has 2 N–H and O–H groups in total. The maximum absolute atomic E-state index is 13.1. The second-order valence-electron chi connectivity index (χ2n) is 7.20. The summed E-state index contributed by atoms with van der Waals surface area (Å²) in [7, 11) is 0. The zero-order chi connectivity index (χ0) is 23.4. The Kier molecular flexibility index (Phi) is 6.59. The lowest BCUT2D eigenvalue weighted by atomic mass is 10.2. The van der Waals surface area contributed by atoms with Crippen LogP contribution in [-0.2, 0) is 19.6 Å². The highest BCUT2D eigenvalue weighted by molar-refractivity contribution is 7.99. The standard InChI is InChI=1S/C22H22N6O4S/c1-2-27-20(30)18(19(23)28(22(27)31)11-15-7-4-3-5-8-15)17(29)13-33-21-25-24-14-26(21)12-16-9-6-10-32-16/h3-10,14H,2,11-13,23H2,1H3. The van der Waals surface area contributed by atoms with Gasteiger partial charge < -0.3 is 14.7 Å². The van der Waals surface area contributed by atoms with Gasteiger partial charge in [-0.3, -0.25) is 18.7 Å². The molecule has 4 rings (SSSR count). The third-order valence-corrected chi connectivity index (χ3v) is 6.05. The molecule has 0 unspecified atom stereocenters. The summed E-state index contributed by atoms with van der Waals surface area (Å²) < 4.78 is 9.36. The molecule has 0 amide bonds. The van der Waals surface area contributed by atoms with Crippen LogP contribution in [0.1, 0.15) is 28.6 Å². The molecule has 1 aromatic carbocycles. The van der Waals surface area contributed by atoms with Crippen molar-refractivity contribution >= 4 is 23.4 Å². The van der Waals surface area contributed by atoms with Crippen molar-refractivity contribution in [2.75, 3.05) is 11.5 Å². The molecule has 33 heavy (non-hydrogen) atoms. The van der Waals surface area contributed by atoms with E-state index in [-0.39, 0.29) is 30.2 Å². The summed E-state index contributed by atoms with van der Waals surface area (Å²) in [5, 5.41) is 8.42. The Balaban J connectivity index is 1.61. The molecule has 170 valence electrons. The average Bonchev–Trinajstić information content (AvgIpc) is 3.49. The van der Waals surface area contributed by atoms with Crippen molar-refractivity contribution in [2.24, 2.45) is 0 Å². The van der Waals surface area contributed by atoms with Gasteiger partial charge in [0, 0.05) is 6.54 Å². The molecule has 0 saturated heterocycles. The van der Waals surface area contributed by atoms with E-state index in [2.05, 4.69) is 10.2 Å². The fourth-order valence-corrected chi connectivity index (χ4v) is 4.20. The summed E-state index contributed by atoms with van der Waals surface area (Å²) >= 11 is 1.13. The minimum absolute atomic E-state index is 0.0937. The van der Waals surface area contributed by atoms with Crippen LogP contribution in [0.5, 0.6) is 0 Å². The van der Waals surface area contributed by atoms with Crippen molar-refractivity contribution in [3.05, 3.63) is 92.8 Å². The minimum atomic E-state index is -0.688. The van der Waals surface area contributed by atoms with Gasteiger partial charge in [0.1, 0.15) is 23.5 Å². The number of anilines is 1. The maximum Gasteiger partial charge on any atom is 0.332 e. The lowest BCUT2D eigenvalue weighted by molar-refractivity contribution is 0.102. The SMILES string of the molecule is CCn1c(=O)c(C(=O)CSc2nncn2Cc2ccco2)c(N)n(Cc2ccccc2)c1=O. The molecule has 0 aliphatic rings. The van der Waals surface area contributed by atoms with E-state index in [9.17, 15) is 14.4 Å². The number of furan rings is 1. The fraction of sp³-hybridized carbons (Fsp3) is 0.227. The van der Waals surface area contributed by atoms with Gasteiger partial charge >= 0.3 is 5.69 Å². The number of hydrogen-bond acceptors (Lipinski definition) is 8. The predicted octanol–water partition coefficient (Wildman–Crippen LogP) is 1.87. The number of aromatic nitrogens is 5. The van der Waals surface area contributed by atoms with Gasteiger partial charge in [-0.1, -0.05) is 42.1 Å². The van der Waals surface area contributed by atoms with Gasteiger partial charge in [-0.05, 0) is 24.6 Å². The van der Waals surface area contributed by atoms with E-state index < -0.39 is 17.0 Å². The molecule has 10 nitrogen and oxygen atoms in total. The van der Waals surface area contributed by atoms with Gasteiger partial charge in [0.15, 0.2) is 10.9 Å². The molecule has 0 bridgehead atoms. The first-order chi connectivity index (χ1) is 16.0. The number of ketones is 1. The number of Topliss-reactive ketones (excluding diaryl/α,β-unsaturated/α-hetero) is 1. The van der Waals surface area contributed by atoms with E-state index in [1.165, 1.54) is 10.9 Å². The molecule has 11 heteroatoms. The number of nitrogens with two attached hydrogens (primary N) is 1. The first kappa shape index (κ1) is 22.3. The Morgan fingerprint density at radius 3 is 2.58 bits per heavy atom. The highest BCUT2D eigenvalue weighted by Gasteiger charge is 2.23. The number of carbonyl (C=O) groups is 1. The average molecular weight is 467 g/mol. The van der Waals surface area contributed by atoms with Crippen LogP contribution in [0, 0.1) is 0 Å². The Bertz CT molecular complexity index is 1370. The van der Waals surface area contributed by atoms with Crippen molar-refractivity contribution in [3.8, 4) is 0 Å². The van der Waals surface area contributed by atoms with Crippen LogP contribution >= 0.6 is 11.8 Å². The lowest BCUT2D eigenvalue weighted by Gasteiger charge is -2.15. The van der Waals surface area contributed by atoms with Crippen molar-refractivity contribution in [1.29, 1.82) is 0 Å². The molecule has 3 aromatic heterocycles. The van der Waals surface area contributed by atoms with Crippen molar-refractivity contribution < 1.29 is 9.21 Å². The van der Waals surface area contributed by atoms with Gasteiger partial charge in [0.2, 0.25) is 0 Å². The number of nitrogen functional groups attached to an aromatic ring is 1. The van der Waals surface area contributed by atoms with E-state index in [1.807, 2.05) is 36.4 Å². The smallest absolute Gasteiger partial charge is 0.332 e. The topological polar surface area (TPSA) is 131 Å². The number of nitrogens with zero attached hydrogens (tertiary/aromatic N) is 5. The van der Waals surface area contributed by atoms with Gasteiger partial charge in [0.25, 0.3) is 5.56 Å². The van der Waals surface area contributed by atoms with Gasteiger partial charge in [-0.25, -0.2) is 4.79 Å². The van der Waals surface area contributed by atoms with Crippen LogP contribution in [0.3, 0.4) is 0 Å². The van der Waals surface area contributed by atoms with Gasteiger partial charge in [0.05, 0.1) is 25.1 Å². The summed E-state index contributed by atoms with van der Waals surface area (Å²) in [6.45, 7) is 2.35. The molecule has 0 saturated carbocycles. The molecule has 3 heterocycles. The minimum Gasteiger partial charge on any atom is -0.467 e. The summed E-state index contributed by atoms with van der Waals surface area (Å²) in [5.74, 6) is -0.00453. The third kappa shape index (κ3) is 4.67. The van der Waals surface area contributed by atoms with Crippen LogP contribution in [-0.4, -0.2) is 35.4 Å². The van der Waals surface area contributed by atoms with Crippen molar-refractivity contribution in [2.45, 2.75) is 31.7 Å². The van der Waals surface area contributed by atoms with E-state index >= 15 is 0 Å². The Morgan fingerprint density at radius 2 is 1.88 bits per heavy atom. The monoisotopic (exact) mass is 466 g/mol. The molecule has 0 aliphatic carbocycles. The molecule has 4 aromatic rings. The number of rotatable bonds is 9. The molecule has 0 fully saturated rings. The van der Waals surface area contributed by atoms with Crippen LogP contribution < -0.4 is 17.0 Å². The summed E-state index contributed by atoms with van der Waals surface area (Å²) in [5.41, 5.74) is 5.59. The van der Waals surface area contributed by atoms with E-state index in [4.69, 9.17) is 10.2 Å². The summed E-state index contributed by atoms with van der Waals surface area (Å²) in [6.07, 6.45) is 3.11. The molecule has 0 radical (unpaired) electrons. The van der Waals surface area contributed by atoms with Gasteiger partial charge in [-0.15, -0.1) is 10.2 Å². The number of benzene rings is 1. The summed E-state index contributed by atoms with van der Waals surface area (Å²) in [4.78, 5) is 38.9. The molecule has 0 spiro atoms. The molecule has 0 aliphatic heterocycles. The second kappa shape index (κ2) is 9.74. The largest absolute Gasteiger partial charge is 0.467 e. The van der Waals surface area contributed by atoms with E-state index in [0.29, 0.717) is 17.5 Å². The Hall–Kier alpha value is -3.86. The highest BCUT2D eigenvalue weighted by atomic mass is 32.2. The summed E-state index contributed by atoms with van der Waals surface area (Å²) in [6, 6.07) is 12.8. The number of hydrogen-bond donors (Lipinski definition) is 1. The Labute approximate surface area is 192 Å². The lowest BCUT2D eigenvalue weighted by Crippen LogP contribution is -2.44.